The van der Waals surface area contributed by atoms with E-state index in [0.717, 1.165) is 41.9 Å². The molecule has 0 amide bonds. The van der Waals surface area contributed by atoms with E-state index in [1.807, 2.05) is 30.5 Å². The number of hydrogen-bond acceptors (Lipinski definition) is 3. The molecule has 0 aliphatic rings. The first-order chi connectivity index (χ1) is 13.7. The molecule has 0 radical (unpaired) electrons. The molecule has 0 fully saturated rings. The largest absolute Gasteiger partial charge is 0.358 e. The molecule has 3 heterocycles. The van der Waals surface area contributed by atoms with Crippen molar-refractivity contribution in [1.29, 1.82) is 0 Å². The predicted octanol–water partition coefficient (Wildman–Crippen LogP) is 5.21. The van der Waals surface area contributed by atoms with Crippen molar-refractivity contribution >= 4 is 17.2 Å². The van der Waals surface area contributed by atoms with Crippen molar-refractivity contribution in [1.82, 2.24) is 15.0 Å². The van der Waals surface area contributed by atoms with Crippen LogP contribution in [0.15, 0.2) is 66.2 Å². The maximum atomic E-state index is 14.2. The van der Waals surface area contributed by atoms with Gasteiger partial charge in [0.1, 0.15) is 0 Å². The lowest BCUT2D eigenvalue weighted by Gasteiger charge is -2.13. The van der Waals surface area contributed by atoms with Gasteiger partial charge in [0.15, 0.2) is 11.7 Å². The van der Waals surface area contributed by atoms with Crippen LogP contribution in [0, 0.1) is 5.82 Å². The van der Waals surface area contributed by atoms with Gasteiger partial charge in [-0.1, -0.05) is 32.4 Å². The molecule has 2 N–H and O–H groups in total. The van der Waals surface area contributed by atoms with Gasteiger partial charge >= 0.3 is 0 Å². The minimum absolute atomic E-state index is 0.321. The van der Waals surface area contributed by atoms with Crippen LogP contribution >= 0.6 is 0 Å². The normalized spacial score (nSPS) is 12.2. The zero-order valence-corrected chi connectivity index (χ0v) is 16.1. The molecule has 0 aromatic carbocycles. The van der Waals surface area contributed by atoms with E-state index < -0.39 is 5.82 Å². The lowest BCUT2D eigenvalue weighted by molar-refractivity contribution is 0.626. The van der Waals surface area contributed by atoms with E-state index in [9.17, 15) is 4.39 Å². The fraction of sp³-hybridized carbons (Fsp3) is 0.227. The summed E-state index contributed by atoms with van der Waals surface area (Å²) in [6, 6.07) is 9.32. The highest BCUT2D eigenvalue weighted by atomic mass is 19.1. The monoisotopic (exact) mass is 377 g/mol. The Kier molecular flexibility index (Phi) is 6.68. The first-order valence-corrected chi connectivity index (χ1v) is 9.46. The zero-order chi connectivity index (χ0) is 19.8. The Morgan fingerprint density at radius 3 is 2.82 bits per heavy atom. The number of hydrogen-bond donors (Lipinski definition) is 2. The van der Waals surface area contributed by atoms with Crippen molar-refractivity contribution in [2.75, 3.05) is 5.32 Å². The van der Waals surface area contributed by atoms with Gasteiger partial charge in [0.25, 0.3) is 0 Å². The number of rotatable bonds is 7. The standard InChI is InChI=1S/C22H24FN5/c1-3-5-8-20(19-9-6-7-12-25-19)28-22(21-16(4-2)10-14-26-21)27-18-11-13-24-15-17(18)23/h6-15,26H,3-5H2,1-2H3,(H,24,27,28)/b20-8+. The number of halogens is 1. The molecule has 0 aliphatic carbocycles. The molecule has 3 aromatic heterocycles. The molecule has 0 saturated heterocycles. The summed E-state index contributed by atoms with van der Waals surface area (Å²) in [5.74, 6) is 0.108. The van der Waals surface area contributed by atoms with Crippen LogP contribution in [-0.2, 0) is 6.42 Å². The van der Waals surface area contributed by atoms with Crippen LogP contribution in [0.25, 0.3) is 5.70 Å². The summed E-state index contributed by atoms with van der Waals surface area (Å²) in [4.78, 5) is 16.3. The Morgan fingerprint density at radius 1 is 1.21 bits per heavy atom. The Labute approximate surface area is 164 Å². The Balaban J connectivity index is 2.09. The molecule has 0 bridgehead atoms. The minimum atomic E-state index is -0.434. The quantitative estimate of drug-likeness (QED) is 0.439. The van der Waals surface area contributed by atoms with Crippen molar-refractivity contribution in [3.8, 4) is 0 Å². The smallest absolute Gasteiger partial charge is 0.164 e. The van der Waals surface area contributed by atoms with Crippen molar-refractivity contribution in [2.24, 2.45) is 4.99 Å². The third kappa shape index (κ3) is 4.71. The van der Waals surface area contributed by atoms with Crippen molar-refractivity contribution in [2.45, 2.75) is 33.1 Å². The molecule has 0 unspecified atom stereocenters. The van der Waals surface area contributed by atoms with E-state index in [0.29, 0.717) is 11.5 Å². The number of anilines is 1. The fourth-order valence-corrected chi connectivity index (χ4v) is 2.79. The van der Waals surface area contributed by atoms with Gasteiger partial charge in [0.2, 0.25) is 0 Å². The third-order valence-corrected chi connectivity index (χ3v) is 4.26. The third-order valence-electron chi connectivity index (χ3n) is 4.26. The number of nitrogens with zero attached hydrogens (tertiary/aromatic N) is 3. The van der Waals surface area contributed by atoms with Gasteiger partial charge in [-0.05, 0) is 42.7 Å². The van der Waals surface area contributed by atoms with Gasteiger partial charge < -0.3 is 10.3 Å². The highest BCUT2D eigenvalue weighted by molar-refractivity contribution is 6.10. The van der Waals surface area contributed by atoms with Crippen LogP contribution < -0.4 is 5.32 Å². The summed E-state index contributed by atoms with van der Waals surface area (Å²) < 4.78 is 14.2. The lowest BCUT2D eigenvalue weighted by Crippen LogP contribution is -2.17. The summed E-state index contributed by atoms with van der Waals surface area (Å²) in [6.45, 7) is 4.19. The van der Waals surface area contributed by atoms with Crippen molar-refractivity contribution in [3.63, 3.8) is 0 Å². The fourth-order valence-electron chi connectivity index (χ4n) is 2.79. The molecule has 5 nitrogen and oxygen atoms in total. The Morgan fingerprint density at radius 2 is 2.11 bits per heavy atom. The molecule has 0 spiro atoms. The van der Waals surface area contributed by atoms with Gasteiger partial charge in [-0.25, -0.2) is 9.38 Å². The van der Waals surface area contributed by atoms with Crippen LogP contribution in [0.1, 0.15) is 43.6 Å². The molecular weight excluding hydrogens is 353 g/mol. The minimum Gasteiger partial charge on any atom is -0.358 e. The molecular formula is C22H24FN5. The Hall–Kier alpha value is -3.28. The Bertz CT molecular complexity index is 960. The lowest BCUT2D eigenvalue weighted by atomic mass is 10.1. The molecule has 6 heteroatoms. The number of H-pyrrole nitrogens is 1. The summed E-state index contributed by atoms with van der Waals surface area (Å²) in [6.07, 6.45) is 11.1. The van der Waals surface area contributed by atoms with Crippen LogP contribution in [0.3, 0.4) is 0 Å². The highest BCUT2D eigenvalue weighted by Gasteiger charge is 2.14. The van der Waals surface area contributed by atoms with Gasteiger partial charge in [0.05, 0.1) is 29.0 Å². The number of aliphatic imine (C=N–C) groups is 1. The van der Waals surface area contributed by atoms with E-state index >= 15 is 0 Å². The summed E-state index contributed by atoms with van der Waals surface area (Å²) in [5, 5.41) is 3.14. The number of aromatic amines is 1. The summed E-state index contributed by atoms with van der Waals surface area (Å²) >= 11 is 0. The number of amidine groups is 1. The number of pyridine rings is 2. The van der Waals surface area contributed by atoms with E-state index in [1.165, 1.54) is 6.20 Å². The maximum absolute atomic E-state index is 14.2. The highest BCUT2D eigenvalue weighted by Crippen LogP contribution is 2.20. The van der Waals surface area contributed by atoms with E-state index in [-0.39, 0.29) is 0 Å². The van der Waals surface area contributed by atoms with Crippen molar-refractivity contribution in [3.05, 3.63) is 84.0 Å². The van der Waals surface area contributed by atoms with Crippen LogP contribution in [0.5, 0.6) is 0 Å². The molecule has 3 aromatic rings. The van der Waals surface area contributed by atoms with Gasteiger partial charge in [0, 0.05) is 18.6 Å². The van der Waals surface area contributed by atoms with Crippen LogP contribution in [-0.4, -0.2) is 20.8 Å². The second-order valence-electron chi connectivity index (χ2n) is 6.27. The average molecular weight is 377 g/mol. The number of aryl methyl sites for hydroxylation is 1. The van der Waals surface area contributed by atoms with Gasteiger partial charge in [-0.2, -0.15) is 0 Å². The average Bonchev–Trinajstić information content (AvgIpc) is 3.21. The second kappa shape index (κ2) is 9.60. The van der Waals surface area contributed by atoms with Gasteiger partial charge in [-0.15, -0.1) is 0 Å². The summed E-state index contributed by atoms with van der Waals surface area (Å²) in [5.41, 5.74) is 3.76. The number of aromatic nitrogens is 3. The van der Waals surface area contributed by atoms with Crippen LogP contribution in [0.2, 0.25) is 0 Å². The molecule has 0 atom stereocenters. The predicted molar refractivity (Wildman–Crippen MR) is 112 cm³/mol. The SMILES string of the molecule is CCC/C=C(/N=C(Nc1ccncc1F)c1[nH]ccc1CC)c1ccccn1. The van der Waals surface area contributed by atoms with E-state index in [1.54, 1.807) is 18.5 Å². The molecule has 28 heavy (non-hydrogen) atoms. The van der Waals surface area contributed by atoms with Crippen molar-refractivity contribution < 1.29 is 4.39 Å². The van der Waals surface area contributed by atoms with Gasteiger partial charge in [-0.3, -0.25) is 9.97 Å². The summed E-state index contributed by atoms with van der Waals surface area (Å²) in [7, 11) is 0. The molecule has 0 aliphatic heterocycles. The first kappa shape index (κ1) is 19.5. The van der Waals surface area contributed by atoms with E-state index in [2.05, 4.69) is 40.2 Å². The topological polar surface area (TPSA) is 66.0 Å². The van der Waals surface area contributed by atoms with E-state index in [4.69, 9.17) is 4.99 Å². The second-order valence-corrected chi connectivity index (χ2v) is 6.27. The number of unbranched alkanes of at least 4 members (excludes halogenated alkanes) is 1. The number of allylic oxidation sites excluding steroid dienone is 1. The molecule has 3 rings (SSSR count). The zero-order valence-electron chi connectivity index (χ0n) is 16.1. The first-order valence-electron chi connectivity index (χ1n) is 9.46. The van der Waals surface area contributed by atoms with Crippen LogP contribution in [0.4, 0.5) is 10.1 Å². The molecule has 144 valence electrons. The number of nitrogens with one attached hydrogen (secondary N) is 2. The maximum Gasteiger partial charge on any atom is 0.164 e. The molecule has 0 saturated carbocycles.